The highest BCUT2D eigenvalue weighted by Gasteiger charge is 2.34. The highest BCUT2D eigenvalue weighted by molar-refractivity contribution is 4.88. The topological polar surface area (TPSA) is 284 Å². The Kier molecular flexibility index (Phi) is 103. The van der Waals surface area contributed by atoms with Gasteiger partial charge in [-0.05, 0) is 176 Å². The molecule has 0 aliphatic carbocycles. The third kappa shape index (κ3) is 85.2. The molecule has 0 amide bonds. The van der Waals surface area contributed by atoms with Crippen molar-refractivity contribution in [2.24, 2.45) is 17.8 Å². The summed E-state index contributed by atoms with van der Waals surface area (Å²) < 4.78 is 151. The molecule has 0 aromatic heterocycles. The van der Waals surface area contributed by atoms with Crippen molar-refractivity contribution in [2.45, 2.75) is 279 Å². The first kappa shape index (κ1) is 146. The fraction of sp³-hybridized carbons (Fsp3) is 1.00. The molecule has 10 atom stereocenters. The molecule has 0 aromatic rings. The number of rotatable bonds is 82. The van der Waals surface area contributed by atoms with Crippen LogP contribution < -0.4 is 0 Å². The summed E-state index contributed by atoms with van der Waals surface area (Å²) in [6, 6.07) is 3.47. The van der Waals surface area contributed by atoms with E-state index in [1.54, 1.807) is 35.5 Å². The van der Waals surface area contributed by atoms with Crippen molar-refractivity contribution >= 4 is 0 Å². The minimum Gasteiger partial charge on any atom is -0.382 e. The predicted molar refractivity (Wildman–Crippen MR) is 595 cm³/mol. The van der Waals surface area contributed by atoms with Crippen LogP contribution in [0.15, 0.2) is 0 Å². The Hall–Kier alpha value is -1.44. The zero-order valence-electron chi connectivity index (χ0n) is 99.9. The Labute approximate surface area is 910 Å². The Morgan fingerprint density at radius 3 is 0.456 bits per heavy atom. The zero-order chi connectivity index (χ0) is 109. The van der Waals surface area contributed by atoms with Gasteiger partial charge >= 0.3 is 0 Å². The van der Waals surface area contributed by atoms with Gasteiger partial charge in [-0.25, -0.2) is 0 Å². The summed E-state index contributed by atoms with van der Waals surface area (Å²) in [5.41, 5.74) is 0. The van der Waals surface area contributed by atoms with Crippen LogP contribution in [-0.4, -0.2) is 565 Å². The van der Waals surface area contributed by atoms with Crippen LogP contribution in [0.25, 0.3) is 0 Å². The van der Waals surface area contributed by atoms with Crippen LogP contribution in [-0.2, 0) is 133 Å². The number of likely N-dealkylation sites (N-methyl/N-ethyl adjacent to an activating group) is 5. The molecule has 8 aliphatic rings. The maximum Gasteiger partial charge on any atom is 0.0718 e. The molecule has 8 saturated heterocycles. The maximum absolute atomic E-state index is 5.91. The molecule has 0 aromatic carbocycles. The number of nitrogens with zero attached hydrogens (tertiary/aromatic N) is 8. The quantitative estimate of drug-likeness (QED) is 0.0511. The number of methoxy groups -OCH3 is 5. The fourth-order valence-electron chi connectivity index (χ4n) is 18.8. The fourth-order valence-corrected chi connectivity index (χ4v) is 18.8. The largest absolute Gasteiger partial charge is 0.382 e. The molecule has 0 unspecified atom stereocenters. The predicted octanol–water partition coefficient (Wildman–Crippen LogP) is 12.3. The molecule has 8 aliphatic heterocycles. The molecule has 36 nitrogen and oxygen atoms in total. The monoisotopic (exact) mass is 2150 g/mol. The lowest BCUT2D eigenvalue weighted by Gasteiger charge is -2.32. The van der Waals surface area contributed by atoms with Crippen molar-refractivity contribution in [3.8, 4) is 0 Å². The highest BCUT2D eigenvalue weighted by atomic mass is 16.6. The highest BCUT2D eigenvalue weighted by Crippen LogP contribution is 2.27. The Morgan fingerprint density at radius 2 is 0.315 bits per heavy atom. The standard InChI is InChI=1S/C20H41NO6.C18H37NO5.3C13H27NO3.2C12H25NO3.C12H25NO2/c1-19(2)18-21-6-4-20(5-7-21)27-17-16-26-15-14-25-13-12-24-11-10-23-9-8-22-3;1-17(2)16-19-6-4-18(5-7-19)24-15-14-23-13-12-22-11-10-21-9-8-20-3;3*1-4-12-10-13(11-14(12)3)17-9-8-16-7-6-15-5-2;2*1-4-11-9-12(10-13(11)2)16-8-7-15-6-5-14-3;1-11(2)10-13-6-4-12(5-7-13)15-9-8-14-3/h19-20H,4-18H2,1-3H3;17-18H,4-16H2,1-3H3;3*12-13H,4-11H2,1-3H3;2*11-12H,4-10H2,1-3H3;11-12H,4-10H2,1-3H3/t;;3*12-,13-;2*11-,12-;/m..11111./s1. The summed E-state index contributed by atoms with van der Waals surface area (Å²) in [5.74, 6) is 2.26. The van der Waals surface area contributed by atoms with Crippen molar-refractivity contribution in [3.05, 3.63) is 0 Å². The summed E-state index contributed by atoms with van der Waals surface area (Å²) in [7, 11) is 19.3. The van der Waals surface area contributed by atoms with E-state index in [0.717, 1.165) is 161 Å². The van der Waals surface area contributed by atoms with E-state index >= 15 is 0 Å². The molecule has 0 saturated carbocycles. The number of hydrogen-bond acceptors (Lipinski definition) is 36. The average Bonchev–Trinajstić information content (AvgIpc) is 1.75. The second-order valence-corrected chi connectivity index (χ2v) is 40.8. The summed E-state index contributed by atoms with van der Waals surface area (Å²) in [4.78, 5) is 19.6. The van der Waals surface area contributed by atoms with E-state index in [1.807, 2.05) is 20.8 Å². The molecule has 0 N–H and O–H groups in total. The van der Waals surface area contributed by atoms with Gasteiger partial charge in [0.15, 0.2) is 0 Å². The van der Waals surface area contributed by atoms with Crippen molar-refractivity contribution < 1.29 is 133 Å². The molecule has 0 bridgehead atoms. The molecule has 8 fully saturated rings. The maximum atomic E-state index is 5.91. The van der Waals surface area contributed by atoms with Crippen LogP contribution >= 0.6 is 0 Å². The molecule has 894 valence electrons. The summed E-state index contributed by atoms with van der Waals surface area (Å²) >= 11 is 0. The van der Waals surface area contributed by atoms with Gasteiger partial charge < -0.3 is 172 Å². The number of likely N-dealkylation sites (tertiary alicyclic amines) is 8. The van der Waals surface area contributed by atoms with Gasteiger partial charge in [-0.15, -0.1) is 0 Å². The second kappa shape index (κ2) is 106. The third-order valence-corrected chi connectivity index (χ3v) is 27.1. The van der Waals surface area contributed by atoms with Crippen LogP contribution in [0, 0.1) is 17.8 Å². The minimum absolute atomic E-state index is 0.389. The molecule has 0 spiro atoms. The Bertz CT molecular complexity index is 2560. The van der Waals surface area contributed by atoms with Crippen molar-refractivity contribution in [1.82, 2.24) is 39.2 Å². The molecular weight excluding hydrogens is 1920 g/mol. The van der Waals surface area contributed by atoms with Crippen LogP contribution in [0.4, 0.5) is 0 Å². The Morgan fingerprint density at radius 1 is 0.181 bits per heavy atom. The van der Waals surface area contributed by atoms with Gasteiger partial charge in [-0.1, -0.05) is 76.2 Å². The number of hydrogen-bond donors (Lipinski definition) is 0. The zero-order valence-corrected chi connectivity index (χ0v) is 99.9. The number of ether oxygens (including phenoxy) is 28. The van der Waals surface area contributed by atoms with E-state index in [2.05, 4.69) is 151 Å². The van der Waals surface area contributed by atoms with E-state index in [1.165, 1.54) is 77.7 Å². The van der Waals surface area contributed by atoms with Gasteiger partial charge in [0.2, 0.25) is 0 Å². The van der Waals surface area contributed by atoms with Crippen LogP contribution in [0.3, 0.4) is 0 Å². The van der Waals surface area contributed by atoms with Gasteiger partial charge in [0.1, 0.15) is 0 Å². The molecule has 36 heteroatoms. The van der Waals surface area contributed by atoms with Gasteiger partial charge in [-0.2, -0.15) is 0 Å². The van der Waals surface area contributed by atoms with Crippen molar-refractivity contribution in [3.63, 3.8) is 0 Å². The summed E-state index contributed by atoms with van der Waals surface area (Å²) in [6.07, 6.45) is 21.9. The van der Waals surface area contributed by atoms with Gasteiger partial charge in [0.05, 0.1) is 313 Å². The second-order valence-electron chi connectivity index (χ2n) is 40.8. The van der Waals surface area contributed by atoms with Crippen LogP contribution in [0.5, 0.6) is 0 Å². The molecule has 8 rings (SSSR count). The van der Waals surface area contributed by atoms with Crippen LogP contribution in [0.1, 0.15) is 200 Å². The van der Waals surface area contributed by atoms with Crippen molar-refractivity contribution in [2.75, 3.05) is 447 Å². The van der Waals surface area contributed by atoms with E-state index in [9.17, 15) is 0 Å². The first-order chi connectivity index (χ1) is 72.5. The smallest absolute Gasteiger partial charge is 0.0718 e. The molecule has 149 heavy (non-hydrogen) atoms. The summed E-state index contributed by atoms with van der Waals surface area (Å²) in [6.45, 7) is 74.9. The van der Waals surface area contributed by atoms with E-state index in [-0.39, 0.29) is 0 Å². The molecular formula is C113H234N8O28. The van der Waals surface area contributed by atoms with Gasteiger partial charge in [0, 0.05) is 177 Å². The third-order valence-electron chi connectivity index (χ3n) is 27.1. The Balaban J connectivity index is 0.000000858. The number of piperidine rings is 3. The SMILES string of the molecule is CCOCCOCCO[C@@H]1C[C@@H](CC)N(C)C1.CCOCCOCCO[C@@H]1C[C@@H](CC)N(C)C1.CCOCCOCCO[C@@H]1C[C@@H](CC)N(C)C1.CC[C@@H]1C[C@@H](OCCOCCOC)CN1C.CC[C@@H]1C[C@@H](OCCOCCOC)CN1C.COCCOC1CCN(CC(C)C)CC1.COCCOCCOCCOCCOC1CCN(CC(C)C)CC1.COCCOCCOCCOCCOCCOC1CCN(CC(C)C)CC1. The van der Waals surface area contributed by atoms with E-state index < -0.39 is 0 Å². The lowest BCUT2D eigenvalue weighted by atomic mass is 10.1. The normalized spacial score (nSPS) is 22.2. The first-order valence-corrected chi connectivity index (χ1v) is 58.3. The molecule has 8 heterocycles. The summed E-state index contributed by atoms with van der Waals surface area (Å²) in [5, 5.41) is 0. The van der Waals surface area contributed by atoms with Gasteiger partial charge in [-0.3, -0.25) is 0 Å². The van der Waals surface area contributed by atoms with E-state index in [0.29, 0.717) is 337 Å². The van der Waals surface area contributed by atoms with Crippen molar-refractivity contribution in [1.29, 1.82) is 0 Å². The minimum atomic E-state index is 0.389. The molecule has 0 radical (unpaired) electrons. The van der Waals surface area contributed by atoms with E-state index in [4.69, 9.17) is 133 Å². The first-order valence-electron chi connectivity index (χ1n) is 58.3. The lowest BCUT2D eigenvalue weighted by molar-refractivity contribution is -0.0373. The average molecular weight is 2150 g/mol. The van der Waals surface area contributed by atoms with Gasteiger partial charge in [0.25, 0.3) is 0 Å². The lowest BCUT2D eigenvalue weighted by Crippen LogP contribution is -2.39. The van der Waals surface area contributed by atoms with Crippen LogP contribution in [0.2, 0.25) is 0 Å².